The summed E-state index contributed by atoms with van der Waals surface area (Å²) >= 11 is 0. The number of benzene rings is 1. The first-order chi connectivity index (χ1) is 8.08. The molecule has 2 rings (SSSR count). The van der Waals surface area contributed by atoms with Gasteiger partial charge in [-0.15, -0.1) is 0 Å². The third kappa shape index (κ3) is 1.86. The second kappa shape index (κ2) is 4.32. The molecule has 0 radical (unpaired) electrons. The van der Waals surface area contributed by atoms with Gasteiger partial charge in [0, 0.05) is 11.3 Å². The first-order valence-electron chi connectivity index (χ1n) is 6.13. The highest BCUT2D eigenvalue weighted by Crippen LogP contribution is 2.25. The van der Waals surface area contributed by atoms with E-state index in [1.165, 1.54) is 0 Å². The maximum absolute atomic E-state index is 6.04. The topological polar surface area (TPSA) is 51.8 Å². The molecule has 0 aliphatic carbocycles. The van der Waals surface area contributed by atoms with Crippen LogP contribution in [-0.2, 0) is 12.8 Å². The number of nitrogens with two attached hydrogens (primary N) is 1. The summed E-state index contributed by atoms with van der Waals surface area (Å²) in [5, 5.41) is 0. The molecule has 2 aromatic rings. The summed E-state index contributed by atoms with van der Waals surface area (Å²) < 4.78 is 0. The lowest BCUT2D eigenvalue weighted by Gasteiger charge is -2.11. The molecule has 0 aliphatic heterocycles. The lowest BCUT2D eigenvalue weighted by molar-refractivity contribution is 0.928. The minimum Gasteiger partial charge on any atom is -0.398 e. The molecule has 0 fully saturated rings. The summed E-state index contributed by atoms with van der Waals surface area (Å²) in [4.78, 5) is 9.43. The number of rotatable bonds is 2. The first kappa shape index (κ1) is 11.8. The third-order valence-electron chi connectivity index (χ3n) is 3.28. The van der Waals surface area contributed by atoms with Gasteiger partial charge in [-0.1, -0.05) is 13.8 Å². The number of aromatic nitrogens is 2. The van der Waals surface area contributed by atoms with Gasteiger partial charge in [0.05, 0.1) is 22.4 Å². The highest BCUT2D eigenvalue weighted by Gasteiger charge is 2.11. The first-order valence-corrected chi connectivity index (χ1v) is 6.13. The maximum Gasteiger partial charge on any atom is 0.0940 e. The summed E-state index contributed by atoms with van der Waals surface area (Å²) in [6.45, 7) is 8.26. The van der Waals surface area contributed by atoms with Crippen LogP contribution in [0, 0.1) is 13.8 Å². The number of nitrogens with zero attached hydrogens (tertiary/aromatic N) is 2. The number of anilines is 1. The highest BCUT2D eigenvalue weighted by molar-refractivity contribution is 5.85. The van der Waals surface area contributed by atoms with E-state index in [2.05, 4.69) is 13.8 Å². The molecule has 17 heavy (non-hydrogen) atoms. The molecular formula is C14H19N3. The Morgan fingerprint density at radius 2 is 1.65 bits per heavy atom. The van der Waals surface area contributed by atoms with Crippen molar-refractivity contribution in [1.29, 1.82) is 0 Å². The van der Waals surface area contributed by atoms with Crippen LogP contribution in [0.3, 0.4) is 0 Å². The number of fused-ring (bicyclic) bond motifs is 1. The Labute approximate surface area is 102 Å². The zero-order valence-corrected chi connectivity index (χ0v) is 11.0. The molecule has 0 saturated carbocycles. The van der Waals surface area contributed by atoms with E-state index in [1.54, 1.807) is 0 Å². The summed E-state index contributed by atoms with van der Waals surface area (Å²) in [5.41, 5.74) is 13.1. The van der Waals surface area contributed by atoms with Gasteiger partial charge in [-0.3, -0.25) is 0 Å². The van der Waals surface area contributed by atoms with Crippen molar-refractivity contribution < 1.29 is 0 Å². The van der Waals surface area contributed by atoms with E-state index in [-0.39, 0.29) is 0 Å². The van der Waals surface area contributed by atoms with Crippen LogP contribution in [0.15, 0.2) is 6.07 Å². The minimum atomic E-state index is 0.832. The number of aryl methyl sites for hydroxylation is 4. The Morgan fingerprint density at radius 3 is 2.24 bits per heavy atom. The number of nitrogen functional groups attached to an aromatic ring is 1. The van der Waals surface area contributed by atoms with Gasteiger partial charge in [0.15, 0.2) is 0 Å². The van der Waals surface area contributed by atoms with Crippen LogP contribution in [0.25, 0.3) is 11.0 Å². The summed E-state index contributed by atoms with van der Waals surface area (Å²) in [6, 6.07) is 2.03. The van der Waals surface area contributed by atoms with Gasteiger partial charge in [-0.25, -0.2) is 9.97 Å². The second-order valence-corrected chi connectivity index (χ2v) is 4.42. The molecule has 1 aromatic carbocycles. The van der Waals surface area contributed by atoms with Gasteiger partial charge >= 0.3 is 0 Å². The molecule has 1 heterocycles. The van der Waals surface area contributed by atoms with Gasteiger partial charge < -0.3 is 5.73 Å². The van der Waals surface area contributed by atoms with Gasteiger partial charge in [-0.2, -0.15) is 0 Å². The quantitative estimate of drug-likeness (QED) is 0.805. The van der Waals surface area contributed by atoms with Gasteiger partial charge in [0.2, 0.25) is 0 Å². The molecule has 0 aliphatic rings. The van der Waals surface area contributed by atoms with E-state index >= 15 is 0 Å². The Morgan fingerprint density at radius 1 is 1.06 bits per heavy atom. The van der Waals surface area contributed by atoms with E-state index in [4.69, 9.17) is 15.7 Å². The summed E-state index contributed by atoms with van der Waals surface area (Å²) in [6.07, 6.45) is 1.84. The van der Waals surface area contributed by atoms with E-state index in [1.807, 2.05) is 19.9 Å². The van der Waals surface area contributed by atoms with Crippen LogP contribution < -0.4 is 5.73 Å². The number of hydrogen-bond donors (Lipinski definition) is 1. The predicted molar refractivity (Wildman–Crippen MR) is 72.2 cm³/mol. The standard InChI is InChI=1S/C14H19N3/c1-5-10-11(6-2)17-14-9(4)13(15)8(3)7-12(14)16-10/h7H,5-6,15H2,1-4H3. The van der Waals surface area contributed by atoms with Crippen LogP contribution in [0.1, 0.15) is 36.4 Å². The fraction of sp³-hybridized carbons (Fsp3) is 0.429. The van der Waals surface area contributed by atoms with Crippen LogP contribution in [-0.4, -0.2) is 9.97 Å². The molecule has 90 valence electrons. The average molecular weight is 229 g/mol. The van der Waals surface area contributed by atoms with Crippen LogP contribution in [0.4, 0.5) is 5.69 Å². The summed E-state index contributed by atoms with van der Waals surface area (Å²) in [7, 11) is 0. The van der Waals surface area contributed by atoms with E-state index in [0.717, 1.165) is 52.1 Å². The van der Waals surface area contributed by atoms with E-state index < -0.39 is 0 Å². The van der Waals surface area contributed by atoms with Gasteiger partial charge in [0.25, 0.3) is 0 Å². The normalized spacial score (nSPS) is 11.1. The molecule has 3 heteroatoms. The Kier molecular flexibility index (Phi) is 3.01. The van der Waals surface area contributed by atoms with Crippen molar-refractivity contribution in [3.05, 3.63) is 28.6 Å². The minimum absolute atomic E-state index is 0.832. The molecule has 1 aromatic heterocycles. The van der Waals surface area contributed by atoms with Crippen LogP contribution in [0.2, 0.25) is 0 Å². The second-order valence-electron chi connectivity index (χ2n) is 4.42. The smallest absolute Gasteiger partial charge is 0.0940 e. The Bertz CT molecular complexity index is 573. The fourth-order valence-corrected chi connectivity index (χ4v) is 2.17. The third-order valence-corrected chi connectivity index (χ3v) is 3.28. The van der Waals surface area contributed by atoms with Crippen LogP contribution >= 0.6 is 0 Å². The zero-order valence-electron chi connectivity index (χ0n) is 11.0. The SMILES string of the molecule is CCc1nc2cc(C)c(N)c(C)c2nc1CC. The van der Waals surface area contributed by atoms with Crippen molar-refractivity contribution in [3.8, 4) is 0 Å². The Hall–Kier alpha value is -1.64. The Balaban J connectivity index is 2.83. The zero-order chi connectivity index (χ0) is 12.6. The fourth-order valence-electron chi connectivity index (χ4n) is 2.17. The van der Waals surface area contributed by atoms with Gasteiger partial charge in [-0.05, 0) is 38.3 Å². The molecular weight excluding hydrogens is 210 g/mol. The molecule has 3 nitrogen and oxygen atoms in total. The molecule has 0 atom stereocenters. The van der Waals surface area contributed by atoms with E-state index in [9.17, 15) is 0 Å². The van der Waals surface area contributed by atoms with Gasteiger partial charge in [0.1, 0.15) is 0 Å². The molecule has 0 unspecified atom stereocenters. The van der Waals surface area contributed by atoms with Crippen molar-refractivity contribution in [3.63, 3.8) is 0 Å². The molecule has 0 amide bonds. The monoisotopic (exact) mass is 229 g/mol. The lowest BCUT2D eigenvalue weighted by Crippen LogP contribution is -2.04. The van der Waals surface area contributed by atoms with Crippen LogP contribution in [0.5, 0.6) is 0 Å². The maximum atomic E-state index is 6.04. The lowest BCUT2D eigenvalue weighted by atomic mass is 10.1. The molecule has 0 spiro atoms. The van der Waals surface area contributed by atoms with Crippen molar-refractivity contribution in [2.45, 2.75) is 40.5 Å². The predicted octanol–water partition coefficient (Wildman–Crippen LogP) is 2.95. The molecule has 0 bridgehead atoms. The summed E-state index contributed by atoms with van der Waals surface area (Å²) in [5.74, 6) is 0. The van der Waals surface area contributed by atoms with E-state index in [0.29, 0.717) is 0 Å². The largest absolute Gasteiger partial charge is 0.398 e. The van der Waals surface area contributed by atoms with Crippen molar-refractivity contribution in [2.75, 3.05) is 5.73 Å². The van der Waals surface area contributed by atoms with Crippen molar-refractivity contribution in [1.82, 2.24) is 9.97 Å². The highest BCUT2D eigenvalue weighted by atomic mass is 14.8. The molecule has 0 saturated heterocycles. The average Bonchev–Trinajstić information content (AvgIpc) is 2.34. The van der Waals surface area contributed by atoms with Crippen molar-refractivity contribution in [2.24, 2.45) is 0 Å². The number of hydrogen-bond acceptors (Lipinski definition) is 3. The molecule has 2 N–H and O–H groups in total. The van der Waals surface area contributed by atoms with Crippen molar-refractivity contribution >= 4 is 16.7 Å².